The molecule has 0 fully saturated rings. The lowest BCUT2D eigenvalue weighted by atomic mass is 10.2. The Bertz CT molecular complexity index is 640. The molecule has 0 aromatic carbocycles. The number of hydrogen-bond donors (Lipinski definition) is 0. The SMILES string of the molecule is O=C(c1ccc(Cl)nc1Cl)N1CCn2ccnc2C1. The Hall–Kier alpha value is -1.59. The maximum atomic E-state index is 12.4. The fraction of sp³-hybridized carbons (Fsp3) is 0.250. The first kappa shape index (κ1) is 12.4. The van der Waals surface area contributed by atoms with Crippen molar-refractivity contribution in [2.75, 3.05) is 6.54 Å². The van der Waals surface area contributed by atoms with Gasteiger partial charge in [0, 0.05) is 25.5 Å². The number of carbonyl (C=O) groups is 1. The number of rotatable bonds is 1. The predicted octanol–water partition coefficient (Wildman–Crippen LogP) is 2.24. The molecule has 2 aromatic rings. The Morgan fingerprint density at radius 2 is 2.11 bits per heavy atom. The Morgan fingerprint density at radius 3 is 2.89 bits per heavy atom. The molecule has 1 aliphatic rings. The van der Waals surface area contributed by atoms with Gasteiger partial charge in [0.1, 0.15) is 16.1 Å². The highest BCUT2D eigenvalue weighted by Crippen LogP contribution is 2.20. The second-order valence-corrected chi connectivity index (χ2v) is 4.98. The molecule has 0 saturated heterocycles. The number of imidazole rings is 1. The summed E-state index contributed by atoms with van der Waals surface area (Å²) in [6.07, 6.45) is 3.65. The topological polar surface area (TPSA) is 51.0 Å². The van der Waals surface area contributed by atoms with Crippen LogP contribution in [0, 0.1) is 0 Å². The number of halogens is 2. The summed E-state index contributed by atoms with van der Waals surface area (Å²) in [5.41, 5.74) is 0.367. The van der Waals surface area contributed by atoms with Gasteiger partial charge in [-0.25, -0.2) is 9.97 Å². The fourth-order valence-electron chi connectivity index (χ4n) is 2.09. The van der Waals surface area contributed by atoms with E-state index in [0.717, 1.165) is 12.4 Å². The molecule has 2 aromatic heterocycles. The van der Waals surface area contributed by atoms with Crippen molar-refractivity contribution in [2.45, 2.75) is 13.1 Å². The van der Waals surface area contributed by atoms with Crippen molar-refractivity contribution in [3.05, 3.63) is 46.2 Å². The maximum Gasteiger partial charge on any atom is 0.257 e. The van der Waals surface area contributed by atoms with Gasteiger partial charge in [-0.3, -0.25) is 4.79 Å². The van der Waals surface area contributed by atoms with E-state index in [9.17, 15) is 4.79 Å². The summed E-state index contributed by atoms with van der Waals surface area (Å²) in [7, 11) is 0. The minimum atomic E-state index is -0.150. The molecule has 0 N–H and O–H groups in total. The highest BCUT2D eigenvalue weighted by Gasteiger charge is 2.24. The summed E-state index contributed by atoms with van der Waals surface area (Å²) in [5, 5.41) is 0.405. The van der Waals surface area contributed by atoms with Gasteiger partial charge >= 0.3 is 0 Å². The van der Waals surface area contributed by atoms with Crippen LogP contribution in [0.2, 0.25) is 10.3 Å². The Balaban J connectivity index is 1.85. The van der Waals surface area contributed by atoms with Crippen LogP contribution in [0.25, 0.3) is 0 Å². The van der Waals surface area contributed by atoms with E-state index in [0.29, 0.717) is 18.7 Å². The molecule has 5 nitrogen and oxygen atoms in total. The lowest BCUT2D eigenvalue weighted by Crippen LogP contribution is -2.38. The molecule has 98 valence electrons. The van der Waals surface area contributed by atoms with Crippen LogP contribution in [-0.4, -0.2) is 31.9 Å². The highest BCUT2D eigenvalue weighted by molar-refractivity contribution is 6.34. The second kappa shape index (κ2) is 4.83. The van der Waals surface area contributed by atoms with E-state index >= 15 is 0 Å². The highest BCUT2D eigenvalue weighted by atomic mass is 35.5. The van der Waals surface area contributed by atoms with Crippen molar-refractivity contribution in [3.63, 3.8) is 0 Å². The lowest BCUT2D eigenvalue weighted by molar-refractivity contribution is 0.0707. The molecule has 0 saturated carbocycles. The zero-order valence-corrected chi connectivity index (χ0v) is 11.4. The molecule has 0 spiro atoms. The molecule has 0 atom stereocenters. The smallest absolute Gasteiger partial charge is 0.257 e. The Labute approximate surface area is 119 Å². The number of hydrogen-bond acceptors (Lipinski definition) is 3. The van der Waals surface area contributed by atoms with Crippen LogP contribution in [0.3, 0.4) is 0 Å². The summed E-state index contributed by atoms with van der Waals surface area (Å²) in [6, 6.07) is 3.16. The van der Waals surface area contributed by atoms with Crippen molar-refractivity contribution >= 4 is 29.1 Å². The van der Waals surface area contributed by atoms with Crippen LogP contribution in [-0.2, 0) is 13.1 Å². The van der Waals surface area contributed by atoms with Gasteiger partial charge in [-0.15, -0.1) is 0 Å². The van der Waals surface area contributed by atoms with Crippen LogP contribution >= 0.6 is 23.2 Å². The van der Waals surface area contributed by atoms with Gasteiger partial charge < -0.3 is 9.47 Å². The molecule has 3 rings (SSSR count). The van der Waals surface area contributed by atoms with E-state index in [1.807, 2.05) is 10.8 Å². The molecule has 0 aliphatic carbocycles. The van der Waals surface area contributed by atoms with Gasteiger partial charge in [0.2, 0.25) is 0 Å². The first-order valence-electron chi connectivity index (χ1n) is 5.76. The second-order valence-electron chi connectivity index (χ2n) is 4.24. The first-order chi connectivity index (χ1) is 9.15. The Morgan fingerprint density at radius 1 is 1.26 bits per heavy atom. The van der Waals surface area contributed by atoms with E-state index in [2.05, 4.69) is 9.97 Å². The van der Waals surface area contributed by atoms with Gasteiger partial charge in [-0.05, 0) is 12.1 Å². The summed E-state index contributed by atoms with van der Waals surface area (Å²) in [4.78, 5) is 22.2. The van der Waals surface area contributed by atoms with Crippen molar-refractivity contribution in [1.29, 1.82) is 0 Å². The zero-order chi connectivity index (χ0) is 13.4. The van der Waals surface area contributed by atoms with Crippen molar-refractivity contribution in [1.82, 2.24) is 19.4 Å². The molecular weight excluding hydrogens is 287 g/mol. The largest absolute Gasteiger partial charge is 0.332 e. The molecule has 0 bridgehead atoms. The fourth-order valence-corrected chi connectivity index (χ4v) is 2.51. The van der Waals surface area contributed by atoms with Crippen LogP contribution in [0.15, 0.2) is 24.5 Å². The van der Waals surface area contributed by atoms with Crippen molar-refractivity contribution in [3.8, 4) is 0 Å². The van der Waals surface area contributed by atoms with Crippen LogP contribution in [0.5, 0.6) is 0 Å². The van der Waals surface area contributed by atoms with E-state index in [1.54, 1.807) is 23.2 Å². The molecule has 0 unspecified atom stereocenters. The third-order valence-corrected chi connectivity index (χ3v) is 3.58. The van der Waals surface area contributed by atoms with Gasteiger partial charge in [-0.1, -0.05) is 23.2 Å². The number of pyridine rings is 1. The minimum Gasteiger partial charge on any atom is -0.332 e. The zero-order valence-electron chi connectivity index (χ0n) is 9.88. The third kappa shape index (κ3) is 2.31. The van der Waals surface area contributed by atoms with E-state index in [4.69, 9.17) is 23.2 Å². The summed E-state index contributed by atoms with van der Waals surface area (Å²) >= 11 is 11.7. The molecular formula is C12H10Cl2N4O. The van der Waals surface area contributed by atoms with E-state index < -0.39 is 0 Å². The number of aromatic nitrogens is 3. The average molecular weight is 297 g/mol. The summed E-state index contributed by atoms with van der Waals surface area (Å²) < 4.78 is 2.03. The predicted molar refractivity (Wildman–Crippen MR) is 71.2 cm³/mol. The summed E-state index contributed by atoms with van der Waals surface area (Å²) in [5.74, 6) is 0.723. The normalized spacial score (nSPS) is 14.3. The monoisotopic (exact) mass is 296 g/mol. The minimum absolute atomic E-state index is 0.131. The molecule has 1 amide bonds. The van der Waals surface area contributed by atoms with Gasteiger partial charge in [0.25, 0.3) is 5.91 Å². The Kier molecular flexibility index (Phi) is 3.16. The molecule has 19 heavy (non-hydrogen) atoms. The molecule has 3 heterocycles. The van der Waals surface area contributed by atoms with Crippen LogP contribution < -0.4 is 0 Å². The van der Waals surface area contributed by atoms with Crippen LogP contribution in [0.1, 0.15) is 16.2 Å². The number of nitrogens with zero attached hydrogens (tertiary/aromatic N) is 4. The number of amides is 1. The third-order valence-electron chi connectivity index (χ3n) is 3.08. The quantitative estimate of drug-likeness (QED) is 0.759. The van der Waals surface area contributed by atoms with Gasteiger partial charge in [0.05, 0.1) is 12.1 Å². The van der Waals surface area contributed by atoms with E-state index in [1.165, 1.54) is 0 Å². The van der Waals surface area contributed by atoms with Crippen molar-refractivity contribution in [2.24, 2.45) is 0 Å². The standard InChI is InChI=1S/C12H10Cl2N4O/c13-9-2-1-8(11(14)16-9)12(19)18-6-5-17-4-3-15-10(17)7-18/h1-4H,5-7H2. The van der Waals surface area contributed by atoms with Crippen molar-refractivity contribution < 1.29 is 4.79 Å². The maximum absolute atomic E-state index is 12.4. The average Bonchev–Trinajstić information content (AvgIpc) is 2.85. The molecule has 1 aliphatic heterocycles. The molecule has 0 radical (unpaired) electrons. The number of carbonyl (C=O) groups excluding carboxylic acids is 1. The van der Waals surface area contributed by atoms with E-state index in [-0.39, 0.29) is 16.2 Å². The number of fused-ring (bicyclic) bond motifs is 1. The first-order valence-corrected chi connectivity index (χ1v) is 6.52. The lowest BCUT2D eigenvalue weighted by Gasteiger charge is -2.27. The molecule has 7 heteroatoms. The van der Waals surface area contributed by atoms with Gasteiger partial charge in [-0.2, -0.15) is 0 Å². The summed E-state index contributed by atoms with van der Waals surface area (Å²) in [6.45, 7) is 1.84. The van der Waals surface area contributed by atoms with Gasteiger partial charge in [0.15, 0.2) is 0 Å². The van der Waals surface area contributed by atoms with Crippen LogP contribution in [0.4, 0.5) is 0 Å².